The number of fused-ring (bicyclic) bond motifs is 1. The number of ether oxygens (including phenoxy) is 1. The second kappa shape index (κ2) is 11.0. The summed E-state index contributed by atoms with van der Waals surface area (Å²) in [6.07, 6.45) is 2.68. The van der Waals surface area contributed by atoms with E-state index in [2.05, 4.69) is 54.8 Å². The van der Waals surface area contributed by atoms with Crippen molar-refractivity contribution in [3.8, 4) is 5.75 Å². The van der Waals surface area contributed by atoms with Crippen molar-refractivity contribution in [3.05, 3.63) is 70.2 Å². The minimum absolute atomic E-state index is 0.104. The van der Waals surface area contributed by atoms with Crippen LogP contribution in [-0.2, 0) is 0 Å². The lowest BCUT2D eigenvalue weighted by Gasteiger charge is -2.42. The van der Waals surface area contributed by atoms with Crippen LogP contribution in [0.15, 0.2) is 48.5 Å². The van der Waals surface area contributed by atoms with Gasteiger partial charge < -0.3 is 14.7 Å². The highest BCUT2D eigenvalue weighted by Crippen LogP contribution is 2.35. The normalized spacial score (nSPS) is 16.6. The summed E-state index contributed by atoms with van der Waals surface area (Å²) in [4.78, 5) is 4.99. The van der Waals surface area contributed by atoms with Gasteiger partial charge in [-0.05, 0) is 60.5 Å². The van der Waals surface area contributed by atoms with E-state index in [-0.39, 0.29) is 6.04 Å². The van der Waals surface area contributed by atoms with Gasteiger partial charge >= 0.3 is 0 Å². The summed E-state index contributed by atoms with van der Waals surface area (Å²) in [5, 5.41) is 14.1. The molecule has 0 spiro atoms. The average molecular weight is 481 g/mol. The Morgan fingerprint density at radius 3 is 2.50 bits per heavy atom. The molecule has 3 aromatic carbocycles. The number of halogens is 1. The number of unbranched alkanes of at least 4 members (excludes halogenated alkanes) is 1. The molecular weight excluding hydrogens is 444 g/mol. The third kappa shape index (κ3) is 5.05. The molecule has 3 aromatic rings. The van der Waals surface area contributed by atoms with Crippen molar-refractivity contribution in [1.82, 2.24) is 4.90 Å². The van der Waals surface area contributed by atoms with Gasteiger partial charge in [0.15, 0.2) is 0 Å². The highest BCUT2D eigenvalue weighted by atomic mass is 35.5. The Morgan fingerprint density at radius 1 is 1.03 bits per heavy atom. The fourth-order valence-electron chi connectivity index (χ4n) is 5.18. The van der Waals surface area contributed by atoms with Crippen LogP contribution in [0.1, 0.15) is 49.0 Å². The van der Waals surface area contributed by atoms with Crippen LogP contribution in [0.25, 0.3) is 10.8 Å². The highest BCUT2D eigenvalue weighted by molar-refractivity contribution is 6.37. The smallest absolute Gasteiger partial charge is 0.138 e. The minimum atomic E-state index is -0.538. The second-order valence-corrected chi connectivity index (χ2v) is 9.84. The Balaban J connectivity index is 1.53. The molecule has 4 nitrogen and oxygen atoms in total. The molecule has 4 rings (SSSR count). The van der Waals surface area contributed by atoms with Gasteiger partial charge in [0.1, 0.15) is 5.75 Å². The van der Waals surface area contributed by atoms with E-state index in [4.69, 9.17) is 16.3 Å². The first-order valence-corrected chi connectivity index (χ1v) is 12.8. The molecule has 5 heteroatoms. The minimum Gasteiger partial charge on any atom is -0.495 e. The Labute approximate surface area is 209 Å². The molecular formula is C29H37ClN2O2. The van der Waals surface area contributed by atoms with Crippen LogP contribution >= 0.6 is 11.6 Å². The van der Waals surface area contributed by atoms with E-state index in [0.29, 0.717) is 10.8 Å². The first-order valence-electron chi connectivity index (χ1n) is 12.4. The van der Waals surface area contributed by atoms with Gasteiger partial charge in [-0.3, -0.25) is 4.90 Å². The van der Waals surface area contributed by atoms with Crippen molar-refractivity contribution in [2.75, 3.05) is 38.2 Å². The molecule has 1 aliphatic rings. The monoisotopic (exact) mass is 480 g/mol. The fraction of sp³-hybridized carbons (Fsp3) is 0.448. The molecule has 0 radical (unpaired) electrons. The van der Waals surface area contributed by atoms with Gasteiger partial charge in [0.25, 0.3) is 0 Å². The second-order valence-electron chi connectivity index (χ2n) is 9.46. The van der Waals surface area contributed by atoms with E-state index >= 15 is 0 Å². The summed E-state index contributed by atoms with van der Waals surface area (Å²) in [5.41, 5.74) is 4.99. The number of hydrogen-bond acceptors (Lipinski definition) is 4. The number of rotatable bonds is 8. The van der Waals surface area contributed by atoms with Crippen molar-refractivity contribution in [2.45, 2.75) is 52.2 Å². The maximum Gasteiger partial charge on any atom is 0.138 e. The molecule has 34 heavy (non-hydrogen) atoms. The summed E-state index contributed by atoms with van der Waals surface area (Å²) in [6, 6.07) is 16.7. The average Bonchev–Trinajstić information content (AvgIpc) is 2.86. The van der Waals surface area contributed by atoms with Crippen molar-refractivity contribution in [2.24, 2.45) is 0 Å². The number of hydrogen-bond donors (Lipinski definition) is 1. The Morgan fingerprint density at radius 2 is 1.79 bits per heavy atom. The maximum absolute atomic E-state index is 11.5. The first kappa shape index (κ1) is 24.8. The number of methoxy groups -OCH3 is 1. The number of piperazine rings is 1. The van der Waals surface area contributed by atoms with E-state index in [0.717, 1.165) is 61.8 Å². The predicted octanol–water partition coefficient (Wildman–Crippen LogP) is 6.53. The molecule has 0 saturated carbocycles. The Kier molecular flexibility index (Phi) is 8.02. The van der Waals surface area contributed by atoms with Gasteiger partial charge in [-0.1, -0.05) is 61.7 Å². The molecule has 2 unspecified atom stereocenters. The van der Waals surface area contributed by atoms with Crippen LogP contribution in [-0.4, -0.2) is 49.3 Å². The molecule has 182 valence electrons. The van der Waals surface area contributed by atoms with E-state index in [1.165, 1.54) is 16.8 Å². The number of aliphatic hydroxyl groups excluding tert-OH is 1. The molecule has 1 fully saturated rings. The van der Waals surface area contributed by atoms with E-state index in [1.54, 1.807) is 7.11 Å². The lowest BCUT2D eigenvalue weighted by atomic mass is 9.94. The number of anilines is 1. The molecule has 1 N–H and O–H groups in total. The maximum atomic E-state index is 11.5. The SMILES string of the molecule is CCCCC(C(O)c1ccc2c(Cl)c(OC)ccc2c1)N1CCN(c2cccc(C)c2C)CC1. The van der Waals surface area contributed by atoms with Crippen LogP contribution in [0.3, 0.4) is 0 Å². The summed E-state index contributed by atoms with van der Waals surface area (Å²) < 4.78 is 5.36. The first-order chi connectivity index (χ1) is 16.4. The van der Waals surface area contributed by atoms with Gasteiger partial charge in [-0.2, -0.15) is 0 Å². The van der Waals surface area contributed by atoms with E-state index in [1.807, 2.05) is 24.3 Å². The molecule has 1 heterocycles. The van der Waals surface area contributed by atoms with Crippen molar-refractivity contribution < 1.29 is 9.84 Å². The standard InChI is InChI=1S/C29H37ClN2O2/c1-5-6-9-26(32-17-15-31(16-18-32)25-10-7-8-20(2)21(25)3)29(33)23-11-13-24-22(19-23)12-14-27(34-4)28(24)30/h7-8,10-14,19,26,29,33H,5-6,9,15-18H2,1-4H3. The van der Waals surface area contributed by atoms with Gasteiger partial charge in [0.05, 0.1) is 18.2 Å². The molecule has 0 bridgehead atoms. The van der Waals surface area contributed by atoms with Crippen molar-refractivity contribution in [3.63, 3.8) is 0 Å². The summed E-state index contributed by atoms with van der Waals surface area (Å²) >= 11 is 6.51. The molecule has 0 amide bonds. The predicted molar refractivity (Wildman–Crippen MR) is 143 cm³/mol. The quantitative estimate of drug-likeness (QED) is 0.397. The van der Waals surface area contributed by atoms with Crippen molar-refractivity contribution in [1.29, 1.82) is 0 Å². The lowest BCUT2D eigenvalue weighted by Crippen LogP contribution is -2.52. The van der Waals surface area contributed by atoms with E-state index in [9.17, 15) is 5.11 Å². The summed E-state index contributed by atoms with van der Waals surface area (Å²) in [7, 11) is 1.63. The summed E-state index contributed by atoms with van der Waals surface area (Å²) in [6.45, 7) is 10.5. The zero-order valence-electron chi connectivity index (χ0n) is 20.9. The number of nitrogens with zero attached hydrogens (tertiary/aromatic N) is 2. The number of aryl methyl sites for hydroxylation is 1. The topological polar surface area (TPSA) is 35.9 Å². The van der Waals surface area contributed by atoms with Crippen LogP contribution in [0.4, 0.5) is 5.69 Å². The number of aliphatic hydroxyl groups is 1. The summed E-state index contributed by atoms with van der Waals surface area (Å²) in [5.74, 6) is 0.671. The fourth-order valence-corrected chi connectivity index (χ4v) is 5.49. The largest absolute Gasteiger partial charge is 0.495 e. The molecule has 1 saturated heterocycles. The molecule has 0 aliphatic carbocycles. The van der Waals surface area contributed by atoms with Crippen LogP contribution in [0.5, 0.6) is 5.75 Å². The molecule has 1 aliphatic heterocycles. The van der Waals surface area contributed by atoms with Crippen molar-refractivity contribution >= 4 is 28.1 Å². The van der Waals surface area contributed by atoms with Gasteiger partial charge in [0.2, 0.25) is 0 Å². The Bertz CT molecular complexity index is 1120. The lowest BCUT2D eigenvalue weighted by molar-refractivity contribution is 0.0386. The van der Waals surface area contributed by atoms with Gasteiger partial charge in [0, 0.05) is 43.3 Å². The van der Waals surface area contributed by atoms with Crippen LogP contribution < -0.4 is 9.64 Å². The number of benzene rings is 3. The molecule has 0 aromatic heterocycles. The van der Waals surface area contributed by atoms with Gasteiger partial charge in [-0.15, -0.1) is 0 Å². The zero-order chi connectivity index (χ0) is 24.2. The highest BCUT2D eigenvalue weighted by Gasteiger charge is 2.30. The van der Waals surface area contributed by atoms with Crippen LogP contribution in [0, 0.1) is 13.8 Å². The third-order valence-electron chi connectivity index (χ3n) is 7.42. The molecule has 2 atom stereocenters. The Hall–Kier alpha value is -2.27. The van der Waals surface area contributed by atoms with Crippen LogP contribution in [0.2, 0.25) is 5.02 Å². The van der Waals surface area contributed by atoms with Gasteiger partial charge in [-0.25, -0.2) is 0 Å². The zero-order valence-corrected chi connectivity index (χ0v) is 21.6. The van der Waals surface area contributed by atoms with E-state index < -0.39 is 6.10 Å². The third-order valence-corrected chi connectivity index (χ3v) is 7.81.